The zero-order valence-corrected chi connectivity index (χ0v) is 14.0. The summed E-state index contributed by atoms with van der Waals surface area (Å²) in [6.45, 7) is -0.966. The SMILES string of the molecule is NC1=NC2(CC(c3ccccc3)Oc3ccc([N+](=O)[O-])cc32)C(F)(F)CO1. The normalized spacial score (nSPS) is 25.7. The van der Waals surface area contributed by atoms with Gasteiger partial charge < -0.3 is 15.2 Å². The number of non-ortho nitro benzene ring substituents is 1. The monoisotopic (exact) mass is 375 g/mol. The summed E-state index contributed by atoms with van der Waals surface area (Å²) in [5.41, 5.74) is 3.80. The van der Waals surface area contributed by atoms with Crippen LogP contribution in [0.4, 0.5) is 14.5 Å². The Labute approximate surface area is 152 Å². The van der Waals surface area contributed by atoms with Crippen LogP contribution in [0.15, 0.2) is 53.5 Å². The van der Waals surface area contributed by atoms with E-state index in [1.807, 2.05) is 0 Å². The molecule has 2 unspecified atom stereocenters. The molecule has 0 amide bonds. The number of hydrogen-bond donors (Lipinski definition) is 1. The van der Waals surface area contributed by atoms with E-state index in [2.05, 4.69) is 4.99 Å². The highest BCUT2D eigenvalue weighted by molar-refractivity contribution is 5.74. The average Bonchev–Trinajstić information content (AvgIpc) is 2.65. The zero-order valence-electron chi connectivity index (χ0n) is 14.0. The van der Waals surface area contributed by atoms with Gasteiger partial charge in [0.1, 0.15) is 11.9 Å². The van der Waals surface area contributed by atoms with Crippen molar-refractivity contribution in [2.75, 3.05) is 6.61 Å². The van der Waals surface area contributed by atoms with Crippen molar-refractivity contribution in [3.8, 4) is 5.75 Å². The number of ether oxygens (including phenoxy) is 2. The second-order valence-electron chi connectivity index (χ2n) is 6.46. The Morgan fingerprint density at radius 1 is 1.22 bits per heavy atom. The van der Waals surface area contributed by atoms with Crippen molar-refractivity contribution in [3.05, 3.63) is 69.8 Å². The van der Waals surface area contributed by atoms with Crippen molar-refractivity contribution < 1.29 is 23.2 Å². The van der Waals surface area contributed by atoms with Crippen molar-refractivity contribution in [1.29, 1.82) is 0 Å². The molecule has 0 saturated carbocycles. The lowest BCUT2D eigenvalue weighted by molar-refractivity contribution is -0.385. The summed E-state index contributed by atoms with van der Waals surface area (Å²) in [4.78, 5) is 14.5. The molecule has 0 aliphatic carbocycles. The third kappa shape index (κ3) is 2.66. The molecule has 2 aromatic carbocycles. The molecule has 0 radical (unpaired) electrons. The second kappa shape index (κ2) is 5.90. The van der Waals surface area contributed by atoms with Gasteiger partial charge in [-0.2, -0.15) is 8.78 Å². The van der Waals surface area contributed by atoms with Gasteiger partial charge in [-0.3, -0.25) is 10.1 Å². The van der Waals surface area contributed by atoms with Crippen molar-refractivity contribution in [3.63, 3.8) is 0 Å². The Hall–Kier alpha value is -3.23. The molecule has 2 atom stereocenters. The van der Waals surface area contributed by atoms with E-state index in [0.717, 1.165) is 6.07 Å². The maximum Gasteiger partial charge on any atom is 0.310 e. The number of alkyl halides is 2. The lowest BCUT2D eigenvalue weighted by Crippen LogP contribution is -2.55. The molecular weight excluding hydrogens is 360 g/mol. The van der Waals surface area contributed by atoms with Crippen LogP contribution in [0.1, 0.15) is 23.7 Å². The number of fused-ring (bicyclic) bond motifs is 2. The van der Waals surface area contributed by atoms with Crippen LogP contribution in [0.2, 0.25) is 0 Å². The topological polar surface area (TPSA) is 100.0 Å². The van der Waals surface area contributed by atoms with E-state index in [9.17, 15) is 10.1 Å². The molecule has 2 N–H and O–H groups in total. The van der Waals surface area contributed by atoms with Crippen molar-refractivity contribution in [2.24, 2.45) is 10.7 Å². The lowest BCUT2D eigenvalue weighted by atomic mass is 9.75. The summed E-state index contributed by atoms with van der Waals surface area (Å²) in [5.74, 6) is -3.32. The molecule has 27 heavy (non-hydrogen) atoms. The van der Waals surface area contributed by atoms with Gasteiger partial charge in [-0.25, -0.2) is 4.99 Å². The average molecular weight is 375 g/mol. The van der Waals surface area contributed by atoms with Crippen LogP contribution in [-0.4, -0.2) is 23.5 Å². The minimum absolute atomic E-state index is 0.0693. The fourth-order valence-corrected chi connectivity index (χ4v) is 3.52. The summed E-state index contributed by atoms with van der Waals surface area (Å²) < 4.78 is 40.9. The highest BCUT2D eigenvalue weighted by atomic mass is 19.3. The van der Waals surface area contributed by atoms with E-state index in [-0.39, 0.29) is 29.4 Å². The van der Waals surface area contributed by atoms with E-state index >= 15 is 8.78 Å². The molecule has 4 rings (SSSR count). The molecule has 0 saturated heterocycles. The van der Waals surface area contributed by atoms with Gasteiger partial charge in [0.25, 0.3) is 11.7 Å². The van der Waals surface area contributed by atoms with Gasteiger partial charge in [-0.15, -0.1) is 0 Å². The molecule has 0 aromatic heterocycles. The first-order valence-corrected chi connectivity index (χ1v) is 8.19. The number of amidine groups is 1. The fourth-order valence-electron chi connectivity index (χ4n) is 3.52. The van der Waals surface area contributed by atoms with Crippen LogP contribution >= 0.6 is 0 Å². The number of halogens is 2. The summed E-state index contributed by atoms with van der Waals surface area (Å²) in [6.07, 6.45) is -0.955. The molecule has 1 spiro atoms. The molecule has 7 nitrogen and oxygen atoms in total. The molecule has 2 heterocycles. The predicted octanol–water partition coefficient (Wildman–Crippen LogP) is 3.29. The van der Waals surface area contributed by atoms with Gasteiger partial charge in [0.15, 0.2) is 12.1 Å². The summed E-state index contributed by atoms with van der Waals surface area (Å²) in [6, 6.07) is 12.1. The molecular formula is C18H15F2N3O4. The molecule has 0 bridgehead atoms. The minimum Gasteiger partial charge on any atom is -0.485 e. The Kier molecular flexibility index (Phi) is 3.76. The van der Waals surface area contributed by atoms with Crippen molar-refractivity contribution in [2.45, 2.75) is 24.0 Å². The number of aliphatic imine (C=N–C) groups is 1. The van der Waals surface area contributed by atoms with Crippen LogP contribution < -0.4 is 10.5 Å². The van der Waals surface area contributed by atoms with E-state index in [4.69, 9.17) is 15.2 Å². The van der Waals surface area contributed by atoms with Crippen molar-refractivity contribution in [1.82, 2.24) is 0 Å². The summed E-state index contributed by atoms with van der Waals surface area (Å²) in [7, 11) is 0. The molecule has 2 aliphatic heterocycles. The first-order valence-electron chi connectivity index (χ1n) is 8.19. The lowest BCUT2D eigenvalue weighted by Gasteiger charge is -2.45. The molecule has 2 aromatic rings. The maximum absolute atomic E-state index is 15.1. The number of hydrogen-bond acceptors (Lipinski definition) is 6. The highest BCUT2D eigenvalue weighted by Gasteiger charge is 2.62. The van der Waals surface area contributed by atoms with Crippen LogP contribution in [0, 0.1) is 10.1 Å². The standard InChI is InChI=1S/C18H15F2N3O4/c19-18(20)10-26-16(21)22-17(18)9-15(11-4-2-1-3-5-11)27-14-7-6-12(23(24)25)8-13(14)17/h1-8,15H,9-10H2,(H2,21,22). The number of nitro benzene ring substituents is 1. The van der Waals surface area contributed by atoms with Gasteiger partial charge >= 0.3 is 5.92 Å². The largest absolute Gasteiger partial charge is 0.485 e. The van der Waals surface area contributed by atoms with E-state index in [1.54, 1.807) is 30.3 Å². The molecule has 9 heteroatoms. The number of benzene rings is 2. The number of nitrogens with two attached hydrogens (primary N) is 1. The molecule has 0 fully saturated rings. The Balaban J connectivity index is 1.94. The third-order valence-corrected chi connectivity index (χ3v) is 4.85. The van der Waals surface area contributed by atoms with Gasteiger partial charge in [0, 0.05) is 24.1 Å². The zero-order chi connectivity index (χ0) is 19.2. The molecule has 2 aliphatic rings. The van der Waals surface area contributed by atoms with E-state index in [0.29, 0.717) is 5.56 Å². The summed E-state index contributed by atoms with van der Waals surface area (Å²) in [5, 5.41) is 11.2. The Bertz CT molecular complexity index is 935. The van der Waals surface area contributed by atoms with E-state index in [1.165, 1.54) is 12.1 Å². The number of nitro groups is 1. The smallest absolute Gasteiger partial charge is 0.310 e. The second-order valence-corrected chi connectivity index (χ2v) is 6.46. The number of nitrogens with zero attached hydrogens (tertiary/aromatic N) is 2. The number of rotatable bonds is 2. The van der Waals surface area contributed by atoms with E-state index < -0.39 is 29.1 Å². The van der Waals surface area contributed by atoms with Crippen LogP contribution in [0.5, 0.6) is 5.75 Å². The van der Waals surface area contributed by atoms with Crippen LogP contribution in [0.3, 0.4) is 0 Å². The van der Waals surface area contributed by atoms with Crippen LogP contribution in [0.25, 0.3) is 0 Å². The van der Waals surface area contributed by atoms with Crippen molar-refractivity contribution >= 4 is 11.7 Å². The van der Waals surface area contributed by atoms with Gasteiger partial charge in [0.05, 0.1) is 4.92 Å². The maximum atomic E-state index is 15.1. The van der Waals surface area contributed by atoms with Gasteiger partial charge in [-0.05, 0) is 11.6 Å². The third-order valence-electron chi connectivity index (χ3n) is 4.85. The predicted molar refractivity (Wildman–Crippen MR) is 91.7 cm³/mol. The minimum atomic E-state index is -3.43. The van der Waals surface area contributed by atoms with Gasteiger partial charge in [0.2, 0.25) is 0 Å². The quantitative estimate of drug-likeness (QED) is 0.641. The Morgan fingerprint density at radius 2 is 1.96 bits per heavy atom. The molecule has 140 valence electrons. The first kappa shape index (κ1) is 17.2. The van der Waals surface area contributed by atoms with Gasteiger partial charge in [-0.1, -0.05) is 30.3 Å². The Morgan fingerprint density at radius 3 is 2.67 bits per heavy atom. The first-order chi connectivity index (χ1) is 12.8. The fraction of sp³-hybridized carbons (Fsp3) is 0.278. The summed E-state index contributed by atoms with van der Waals surface area (Å²) >= 11 is 0. The van der Waals surface area contributed by atoms with Crippen LogP contribution in [-0.2, 0) is 10.3 Å². The highest BCUT2D eigenvalue weighted by Crippen LogP contribution is 2.56.